The normalized spacial score (nSPS) is 2.29. The second-order valence-electron chi connectivity index (χ2n) is 0.365. The Morgan fingerprint density at radius 2 is 0.571 bits per heavy atom. The number of hydrogen-bond acceptors (Lipinski definition) is 4. The summed E-state index contributed by atoms with van der Waals surface area (Å²) in [6.07, 6.45) is 2.00. The predicted molar refractivity (Wildman–Crippen MR) is 36.2 cm³/mol. The van der Waals surface area contributed by atoms with E-state index in [0.717, 1.165) is 0 Å². The Bertz CT molecular complexity index is 161. The van der Waals surface area contributed by atoms with E-state index in [1.165, 1.54) is 0 Å². The number of nitrogens with zero attached hydrogens (tertiary/aromatic N) is 4. The molecule has 0 aromatic rings. The summed E-state index contributed by atoms with van der Waals surface area (Å²) in [6.45, 7) is 0. The largest absolute Gasteiger partial charge is 2.00 e. The molecule has 0 N–H and O–H groups in total. The van der Waals surface area contributed by atoms with Crippen LogP contribution in [0.4, 0.5) is 0 Å². The fourth-order valence-corrected chi connectivity index (χ4v) is 0. The number of hydrogen-bond donors (Lipinski definition) is 0. The van der Waals surface area contributed by atoms with Gasteiger partial charge in [-0.1, -0.05) is 0 Å². The van der Waals surface area contributed by atoms with Gasteiger partial charge in [0.2, 0.25) is 0 Å². The average molecular weight is 287 g/mol. The summed E-state index contributed by atoms with van der Waals surface area (Å²) in [4.78, 5) is 32.9. The summed E-state index contributed by atoms with van der Waals surface area (Å²) in [5, 5.41) is 27.1. The van der Waals surface area contributed by atoms with Crippen molar-refractivity contribution in [2.24, 2.45) is 0 Å². The fourth-order valence-electron chi connectivity index (χ4n) is 0. The van der Waals surface area contributed by atoms with E-state index in [0.29, 0.717) is 24.3 Å². The summed E-state index contributed by atoms with van der Waals surface area (Å²) >= 11 is 0. The third-order valence-electron chi connectivity index (χ3n) is 0. The topological polar surface area (TPSA) is 157 Å². The summed E-state index contributed by atoms with van der Waals surface area (Å²) in [6, 6.07) is 0. The molecule has 0 bridgehead atoms. The first-order chi connectivity index (χ1) is 5.66. The number of rotatable bonds is 0. The van der Waals surface area contributed by atoms with Crippen molar-refractivity contribution in [3.05, 3.63) is 21.6 Å². The zero-order valence-corrected chi connectivity index (χ0v) is 8.12. The minimum atomic E-state index is 0. The van der Waals surface area contributed by atoms with E-state index in [4.69, 9.17) is 40.8 Å². The van der Waals surface area contributed by atoms with Crippen molar-refractivity contribution >= 4 is 24.3 Å². The Hall–Kier alpha value is -1.44. The van der Waals surface area contributed by atoms with Gasteiger partial charge in [0.25, 0.3) is 0 Å². The van der Waals surface area contributed by atoms with Crippen LogP contribution in [-0.4, -0.2) is 24.3 Å². The maximum Gasteiger partial charge on any atom is 2.00 e. The number of carbonyl (C=O) groups excluding carboxylic acids is 4. The van der Waals surface area contributed by atoms with Gasteiger partial charge in [0.15, 0.2) is 0 Å². The molecule has 10 heteroatoms. The zero-order valence-electron chi connectivity index (χ0n) is 6.08. The van der Waals surface area contributed by atoms with Crippen LogP contribution in [0.15, 0.2) is 0 Å². The molecule has 0 fully saturated rings. The molecule has 79 valence electrons. The molecule has 0 aliphatic carbocycles. The maximum atomic E-state index is 8.24. The Morgan fingerprint density at radius 1 is 0.571 bits per heavy atom. The van der Waals surface area contributed by atoms with E-state index in [1.54, 1.807) is 0 Å². The van der Waals surface area contributed by atoms with Crippen LogP contribution in [0.25, 0.3) is 21.6 Å². The van der Waals surface area contributed by atoms with Crippen LogP contribution >= 0.6 is 0 Å². The van der Waals surface area contributed by atoms with Crippen molar-refractivity contribution < 1.29 is 53.3 Å². The molecule has 8 nitrogen and oxygen atoms in total. The minimum Gasteiger partial charge on any atom is -0.724 e. The van der Waals surface area contributed by atoms with Gasteiger partial charge < -0.3 is 21.6 Å². The molecule has 0 saturated carbocycles. The van der Waals surface area contributed by atoms with E-state index in [1.807, 2.05) is 0 Å². The van der Waals surface area contributed by atoms with Crippen LogP contribution in [0.1, 0.15) is 0 Å². The first-order valence-corrected chi connectivity index (χ1v) is 1.71. The Labute approximate surface area is 99.4 Å². The molecule has 0 rings (SSSR count). The summed E-state index contributed by atoms with van der Waals surface area (Å²) in [5.41, 5.74) is 0. The first-order valence-electron chi connectivity index (χ1n) is 1.71. The second-order valence-corrected chi connectivity index (χ2v) is 0.365. The minimum absolute atomic E-state index is 0. The van der Waals surface area contributed by atoms with Gasteiger partial charge in [0.05, 0.1) is 0 Å². The van der Waals surface area contributed by atoms with Gasteiger partial charge in [-0.3, -0.25) is 19.2 Å². The first kappa shape index (κ1) is 39.0. The average Bonchev–Trinajstić information content (AvgIpc) is 1.92. The van der Waals surface area contributed by atoms with E-state index in [-0.39, 0.29) is 34.1 Å². The molecule has 0 aromatic heterocycles. The van der Waals surface area contributed by atoms with Gasteiger partial charge in [0, 0.05) is 0 Å². The second kappa shape index (κ2) is 197. The van der Waals surface area contributed by atoms with Gasteiger partial charge in [-0.25, -0.2) is 0 Å². The van der Waals surface area contributed by atoms with Gasteiger partial charge in [-0.2, -0.15) is 0 Å². The van der Waals surface area contributed by atoms with Crippen molar-refractivity contribution in [3.63, 3.8) is 0 Å². The number of isocyanates is 4. The smallest absolute Gasteiger partial charge is 0.724 e. The van der Waals surface area contributed by atoms with Crippen molar-refractivity contribution in [2.75, 3.05) is 0 Å². The van der Waals surface area contributed by atoms with Crippen LogP contribution in [0, 0.1) is 0 Å². The third kappa shape index (κ3) is 465. The molecule has 0 unspecified atom stereocenters. The molecule has 0 aliphatic rings. The molecule has 0 heterocycles. The summed E-state index contributed by atoms with van der Waals surface area (Å²) in [5.74, 6) is 0. The van der Waals surface area contributed by atoms with Crippen molar-refractivity contribution in [1.29, 1.82) is 0 Å². The molecule has 0 aromatic carbocycles. The Morgan fingerprint density at radius 3 is 0.571 bits per heavy atom. The van der Waals surface area contributed by atoms with E-state index in [9.17, 15) is 0 Å². The van der Waals surface area contributed by atoms with Gasteiger partial charge in [0.1, 0.15) is 0 Å². The third-order valence-corrected chi connectivity index (χ3v) is 0. The van der Waals surface area contributed by atoms with Crippen LogP contribution < -0.4 is 0 Å². The van der Waals surface area contributed by atoms with Crippen LogP contribution in [0.3, 0.4) is 0 Å². The van der Waals surface area contributed by atoms with E-state index >= 15 is 0 Å². The van der Waals surface area contributed by atoms with Crippen LogP contribution in [0.5, 0.6) is 0 Å². The quantitative estimate of drug-likeness (QED) is 0.336. The van der Waals surface area contributed by atoms with Crippen molar-refractivity contribution in [2.45, 2.75) is 0 Å². The Kier molecular flexibility index (Phi) is 548. The van der Waals surface area contributed by atoms with Gasteiger partial charge in [-0.05, 0) is 24.3 Å². The predicted octanol–water partition coefficient (Wildman–Crippen LogP) is -0.439. The summed E-state index contributed by atoms with van der Waals surface area (Å²) in [7, 11) is 0. The van der Waals surface area contributed by atoms with Crippen molar-refractivity contribution in [3.8, 4) is 0 Å². The summed E-state index contributed by atoms with van der Waals surface area (Å²) < 4.78 is 0. The molecule has 0 amide bonds. The molecule has 0 spiro atoms. The van der Waals surface area contributed by atoms with Gasteiger partial charge >= 0.3 is 34.1 Å². The van der Waals surface area contributed by atoms with E-state index in [2.05, 4.69) is 0 Å². The monoisotopic (exact) mass is 287 g/mol. The van der Waals surface area contributed by atoms with Crippen LogP contribution in [-0.2, 0) is 53.3 Å². The van der Waals surface area contributed by atoms with E-state index < -0.39 is 0 Å². The fraction of sp³-hybridized carbons (Fsp3) is 0. The zero-order chi connectivity index (χ0) is 10.8. The molecule has 0 aliphatic heterocycles. The van der Waals surface area contributed by atoms with Gasteiger partial charge in [-0.15, -0.1) is 0 Å². The SMILES string of the molecule is [Cu+2].[Fe+2].[N-]=C=O.[N-]=C=O.[N-]=C=O.[N-]=C=O. The Balaban J connectivity index is -0.0000000145. The molecular formula is C4CuFeN4O4. The standard InChI is InChI=1S/4CNO.Cu.Fe/c4*2-1-3;;/q4*-1;2*+2. The van der Waals surface area contributed by atoms with Crippen molar-refractivity contribution in [1.82, 2.24) is 0 Å². The molecule has 0 saturated heterocycles. The molecule has 1 radical (unpaired) electrons. The van der Waals surface area contributed by atoms with Crippen LogP contribution in [0.2, 0.25) is 0 Å². The molecular weight excluding hydrogens is 287 g/mol. The molecule has 14 heavy (non-hydrogen) atoms. The molecule has 0 atom stereocenters. The maximum absolute atomic E-state index is 8.24.